The predicted octanol–water partition coefficient (Wildman–Crippen LogP) is 1.75. The first-order valence-electron chi connectivity index (χ1n) is 5.77. The van der Waals surface area contributed by atoms with Crippen molar-refractivity contribution in [3.63, 3.8) is 0 Å². The van der Waals surface area contributed by atoms with Crippen LogP contribution in [-0.2, 0) is 0 Å². The van der Waals surface area contributed by atoms with E-state index in [0.29, 0.717) is 22.3 Å². The summed E-state index contributed by atoms with van der Waals surface area (Å²) in [6.45, 7) is 0. The normalized spacial score (nSPS) is 12.8. The van der Waals surface area contributed by atoms with Gasteiger partial charge in [-0.05, 0) is 0 Å². The SMILES string of the molecule is N=C(N)c1cccc2c1C(=O)c1ccccc1C2=O. The van der Waals surface area contributed by atoms with E-state index in [9.17, 15) is 9.59 Å². The first-order chi connectivity index (χ1) is 9.11. The van der Waals surface area contributed by atoms with Gasteiger partial charge in [-0.2, -0.15) is 0 Å². The Labute approximate surface area is 109 Å². The van der Waals surface area contributed by atoms with Crippen molar-refractivity contribution in [1.82, 2.24) is 0 Å². The van der Waals surface area contributed by atoms with Gasteiger partial charge in [-0.15, -0.1) is 0 Å². The lowest BCUT2D eigenvalue weighted by Crippen LogP contribution is -2.25. The molecule has 4 nitrogen and oxygen atoms in total. The summed E-state index contributed by atoms with van der Waals surface area (Å²) in [5, 5.41) is 7.53. The van der Waals surface area contributed by atoms with Crippen LogP contribution in [-0.4, -0.2) is 17.4 Å². The van der Waals surface area contributed by atoms with Crippen molar-refractivity contribution in [3.05, 3.63) is 70.3 Å². The molecule has 0 heterocycles. The summed E-state index contributed by atoms with van der Waals surface area (Å²) in [5.74, 6) is -0.665. The second kappa shape index (κ2) is 3.88. The number of nitrogens with one attached hydrogen (secondary N) is 1. The molecular weight excluding hydrogens is 240 g/mol. The summed E-state index contributed by atoms with van der Waals surface area (Å²) in [6, 6.07) is 11.5. The third-order valence-corrected chi connectivity index (χ3v) is 3.24. The van der Waals surface area contributed by atoms with Crippen molar-refractivity contribution >= 4 is 17.4 Å². The maximum Gasteiger partial charge on any atom is 0.195 e. The third kappa shape index (κ3) is 1.50. The lowest BCUT2D eigenvalue weighted by Gasteiger charge is -2.19. The number of benzene rings is 2. The molecule has 0 unspecified atom stereocenters. The largest absolute Gasteiger partial charge is 0.384 e. The summed E-state index contributed by atoms with van der Waals surface area (Å²) in [4.78, 5) is 24.8. The van der Waals surface area contributed by atoms with Gasteiger partial charge in [0.1, 0.15) is 5.84 Å². The quantitative estimate of drug-likeness (QED) is 0.509. The molecule has 4 heteroatoms. The minimum absolute atomic E-state index is 0.201. The topological polar surface area (TPSA) is 84.0 Å². The van der Waals surface area contributed by atoms with Gasteiger partial charge in [0.15, 0.2) is 11.6 Å². The maximum absolute atomic E-state index is 12.5. The average Bonchev–Trinajstić information content (AvgIpc) is 2.44. The van der Waals surface area contributed by atoms with Crippen molar-refractivity contribution in [1.29, 1.82) is 5.41 Å². The molecule has 3 rings (SSSR count). The van der Waals surface area contributed by atoms with E-state index in [1.165, 1.54) is 0 Å². The summed E-state index contributed by atoms with van der Waals surface area (Å²) < 4.78 is 0. The maximum atomic E-state index is 12.5. The number of fused-ring (bicyclic) bond motifs is 2. The molecule has 0 amide bonds. The molecule has 3 N–H and O–H groups in total. The molecule has 0 saturated heterocycles. The highest BCUT2D eigenvalue weighted by Crippen LogP contribution is 2.29. The summed E-state index contributed by atoms with van der Waals surface area (Å²) in [7, 11) is 0. The second-order valence-corrected chi connectivity index (χ2v) is 4.35. The van der Waals surface area contributed by atoms with E-state index in [1.807, 2.05) is 0 Å². The Balaban J connectivity index is 2.36. The summed E-state index contributed by atoms with van der Waals surface area (Å²) in [5.41, 5.74) is 7.12. The van der Waals surface area contributed by atoms with E-state index >= 15 is 0 Å². The molecule has 1 aliphatic rings. The molecule has 0 saturated carbocycles. The Bertz CT molecular complexity index is 748. The number of hydrogen-bond acceptors (Lipinski definition) is 3. The zero-order chi connectivity index (χ0) is 13.6. The van der Waals surface area contributed by atoms with Crippen LogP contribution in [0.25, 0.3) is 0 Å². The van der Waals surface area contributed by atoms with Crippen LogP contribution >= 0.6 is 0 Å². The van der Waals surface area contributed by atoms with Crippen molar-refractivity contribution < 1.29 is 9.59 Å². The van der Waals surface area contributed by atoms with E-state index in [2.05, 4.69) is 0 Å². The van der Waals surface area contributed by atoms with Crippen molar-refractivity contribution in [3.8, 4) is 0 Å². The average molecular weight is 250 g/mol. The van der Waals surface area contributed by atoms with Crippen LogP contribution in [0.15, 0.2) is 42.5 Å². The van der Waals surface area contributed by atoms with Gasteiger partial charge < -0.3 is 5.73 Å². The molecule has 0 aromatic heterocycles. The van der Waals surface area contributed by atoms with Crippen LogP contribution in [0.1, 0.15) is 37.4 Å². The van der Waals surface area contributed by atoms with Crippen molar-refractivity contribution in [2.45, 2.75) is 0 Å². The van der Waals surface area contributed by atoms with E-state index in [0.717, 1.165) is 0 Å². The molecule has 0 atom stereocenters. The van der Waals surface area contributed by atoms with Gasteiger partial charge in [0.25, 0.3) is 0 Å². The number of carbonyl (C=O) groups excluding carboxylic acids is 2. The number of rotatable bonds is 1. The number of carbonyl (C=O) groups is 2. The van der Waals surface area contributed by atoms with Crippen LogP contribution < -0.4 is 5.73 Å². The van der Waals surface area contributed by atoms with Crippen molar-refractivity contribution in [2.24, 2.45) is 5.73 Å². The van der Waals surface area contributed by atoms with Gasteiger partial charge in [0.2, 0.25) is 0 Å². The van der Waals surface area contributed by atoms with E-state index in [1.54, 1.807) is 42.5 Å². The Morgan fingerprint density at radius 3 is 2.05 bits per heavy atom. The molecule has 2 aromatic carbocycles. The molecule has 0 fully saturated rings. The molecule has 0 bridgehead atoms. The van der Waals surface area contributed by atoms with E-state index < -0.39 is 0 Å². The summed E-state index contributed by atoms with van der Waals surface area (Å²) >= 11 is 0. The molecule has 19 heavy (non-hydrogen) atoms. The first kappa shape index (κ1) is 11.3. The molecule has 0 aliphatic heterocycles. The number of hydrogen-bond donors (Lipinski definition) is 2. The number of amidine groups is 1. The standard InChI is InChI=1S/C15H10N2O2/c16-15(17)11-7-3-6-10-12(11)14(19)9-5-2-1-4-8(9)13(10)18/h1-7H,(H3,16,17). The Hall–Kier alpha value is -2.75. The highest BCUT2D eigenvalue weighted by Gasteiger charge is 2.31. The predicted molar refractivity (Wildman–Crippen MR) is 70.8 cm³/mol. The minimum atomic E-state index is -0.254. The van der Waals surface area contributed by atoms with Gasteiger partial charge in [-0.25, -0.2) is 0 Å². The Morgan fingerprint density at radius 1 is 0.842 bits per heavy atom. The molecule has 1 aliphatic carbocycles. The van der Waals surface area contributed by atoms with Crippen molar-refractivity contribution in [2.75, 3.05) is 0 Å². The number of ketones is 2. The number of nitrogens with two attached hydrogens (primary N) is 1. The van der Waals surface area contributed by atoms with Crippen LogP contribution in [0.3, 0.4) is 0 Å². The van der Waals surface area contributed by atoms with Gasteiger partial charge in [0.05, 0.1) is 0 Å². The molecule has 0 radical (unpaired) electrons. The van der Waals surface area contributed by atoms with Crippen LogP contribution in [0, 0.1) is 5.41 Å². The zero-order valence-corrected chi connectivity index (χ0v) is 9.94. The van der Waals surface area contributed by atoms with Gasteiger partial charge in [0, 0.05) is 27.8 Å². The minimum Gasteiger partial charge on any atom is -0.384 e. The highest BCUT2D eigenvalue weighted by atomic mass is 16.1. The van der Waals surface area contributed by atoms with E-state index in [-0.39, 0.29) is 23.0 Å². The molecular formula is C15H10N2O2. The van der Waals surface area contributed by atoms with Gasteiger partial charge in [-0.1, -0.05) is 42.5 Å². The second-order valence-electron chi connectivity index (χ2n) is 4.35. The Morgan fingerprint density at radius 2 is 1.42 bits per heavy atom. The van der Waals surface area contributed by atoms with Crippen LogP contribution in [0.4, 0.5) is 0 Å². The number of nitrogen functional groups attached to an aromatic ring is 1. The fourth-order valence-electron chi connectivity index (χ4n) is 2.37. The smallest absolute Gasteiger partial charge is 0.195 e. The monoisotopic (exact) mass is 250 g/mol. The first-order valence-corrected chi connectivity index (χ1v) is 5.77. The van der Waals surface area contributed by atoms with Gasteiger partial charge in [-0.3, -0.25) is 15.0 Å². The van der Waals surface area contributed by atoms with Crippen LogP contribution in [0.2, 0.25) is 0 Å². The fourth-order valence-corrected chi connectivity index (χ4v) is 2.37. The molecule has 92 valence electrons. The lowest BCUT2D eigenvalue weighted by atomic mass is 9.81. The third-order valence-electron chi connectivity index (χ3n) is 3.24. The molecule has 2 aromatic rings. The van der Waals surface area contributed by atoms with Gasteiger partial charge >= 0.3 is 0 Å². The lowest BCUT2D eigenvalue weighted by molar-refractivity contribution is 0.0979. The summed E-state index contributed by atoms with van der Waals surface area (Å²) in [6.07, 6.45) is 0. The highest BCUT2D eigenvalue weighted by molar-refractivity contribution is 6.30. The zero-order valence-electron chi connectivity index (χ0n) is 9.94. The molecule has 0 spiro atoms. The van der Waals surface area contributed by atoms with E-state index in [4.69, 9.17) is 11.1 Å². The fraction of sp³-hybridized carbons (Fsp3) is 0. The Kier molecular flexibility index (Phi) is 2.32. The van der Waals surface area contributed by atoms with Crippen LogP contribution in [0.5, 0.6) is 0 Å².